The van der Waals surface area contributed by atoms with Crippen LogP contribution in [0.1, 0.15) is 88.2 Å². The molecule has 0 aromatic heterocycles. The molecule has 0 bridgehead atoms. The van der Waals surface area contributed by atoms with E-state index in [-0.39, 0.29) is 5.91 Å². The zero-order valence-corrected chi connectivity index (χ0v) is 46.4. The van der Waals surface area contributed by atoms with Crippen LogP contribution in [0.3, 0.4) is 0 Å². The third-order valence-electron chi connectivity index (χ3n) is 13.3. The summed E-state index contributed by atoms with van der Waals surface area (Å²) in [5.74, 6) is 3.17. The van der Waals surface area contributed by atoms with E-state index in [2.05, 4.69) is 85.0 Å². The van der Waals surface area contributed by atoms with Crippen LogP contribution >= 0.6 is 0 Å². The Morgan fingerprint density at radius 1 is 0.347 bits per heavy atom. The van der Waals surface area contributed by atoms with Crippen molar-refractivity contribution in [2.24, 2.45) is 0 Å². The number of amides is 1. The largest absolute Gasteiger partial charge is 0.457 e. The summed E-state index contributed by atoms with van der Waals surface area (Å²) in [5, 5.41) is 2.87. The first kappa shape index (κ1) is 56.3. The number of carbonyl (C=O) groups is 1. The number of sulfone groups is 1. The van der Waals surface area contributed by atoms with Gasteiger partial charge >= 0.3 is 0 Å². The number of ether oxygens (including phenoxy) is 2. The van der Waals surface area contributed by atoms with E-state index >= 15 is 0 Å². The van der Waals surface area contributed by atoms with Crippen LogP contribution < -0.4 is 14.8 Å². The highest BCUT2D eigenvalue weighted by atomic mass is 32.2. The average molecular weight is 1010 g/mol. The van der Waals surface area contributed by atoms with E-state index in [9.17, 15) is 13.2 Å². The molecule has 6 nitrogen and oxygen atoms in total. The monoisotopic (exact) mass is 1010 g/mol. The number of benzene rings is 9. The lowest BCUT2D eigenvalue weighted by Crippen LogP contribution is -2.11. The van der Waals surface area contributed by atoms with Gasteiger partial charge in [-0.3, -0.25) is 4.79 Å². The summed E-state index contributed by atoms with van der Waals surface area (Å²) in [6, 6.07) is 61.8. The number of carbonyl (C=O) groups excluding carboxylic acids is 1. The smallest absolute Gasteiger partial charge is 0.255 e. The Kier molecular flexibility index (Phi) is 19.7. The average Bonchev–Trinajstić information content (AvgIpc) is 3.40. The van der Waals surface area contributed by atoms with Crippen LogP contribution in [0.4, 0.5) is 5.69 Å². The minimum absolute atomic E-state index is 0.0751. The summed E-state index contributed by atoms with van der Waals surface area (Å²) in [4.78, 5) is 12.6. The molecular formula is C68H71NO5S. The SMILES string of the molecule is Cc1ccc(Cc2ccc(C)c(C)c2C)c(C)c1C.Cc1ccc(NC(=O)c2ccc(C)cc2)cc1.Cc1ccc(Oc2ccc(Oc3ccc(C)cc3)cc2)cc1.Cc1ccc(S(=O)(=O)c2ccc(C)cc2)cc1. The highest BCUT2D eigenvalue weighted by Gasteiger charge is 2.17. The fourth-order valence-electron chi connectivity index (χ4n) is 7.79. The van der Waals surface area contributed by atoms with Gasteiger partial charge in [-0.05, 0) is 231 Å². The second kappa shape index (κ2) is 26.3. The first-order valence-corrected chi connectivity index (χ1v) is 26.8. The number of aryl methyl sites for hydroxylation is 8. The number of anilines is 1. The van der Waals surface area contributed by atoms with Crippen molar-refractivity contribution in [3.8, 4) is 23.0 Å². The number of hydrogen-bond acceptors (Lipinski definition) is 5. The Hall–Kier alpha value is -8.00. The van der Waals surface area contributed by atoms with E-state index in [4.69, 9.17) is 9.47 Å². The van der Waals surface area contributed by atoms with Crippen LogP contribution in [0.5, 0.6) is 23.0 Å². The van der Waals surface area contributed by atoms with Crippen molar-refractivity contribution >= 4 is 21.4 Å². The molecule has 0 aliphatic rings. The fraction of sp³-hybridized carbons (Fsp3) is 0.191. The maximum atomic E-state index is 12.3. The van der Waals surface area contributed by atoms with Gasteiger partial charge in [0.2, 0.25) is 9.84 Å². The Morgan fingerprint density at radius 3 is 0.960 bits per heavy atom. The maximum absolute atomic E-state index is 12.3. The van der Waals surface area contributed by atoms with Crippen LogP contribution in [-0.4, -0.2) is 14.3 Å². The van der Waals surface area contributed by atoms with E-state index < -0.39 is 9.84 Å². The fourth-order valence-corrected chi connectivity index (χ4v) is 9.05. The standard InChI is InChI=1S/C20H18O2.C19H24.C15H15NO.C14H14O2S/c1-15-3-7-17(8-4-15)21-19-11-13-20(14-12-19)22-18-9-5-16(2)6-10-18;1-12-7-9-18(16(5)14(12)3)11-19-10-8-13(2)15(4)17(19)6;1-11-3-7-13(8-4-11)15(17)16-14-9-5-12(2)6-10-14;1-11-3-7-13(8-4-11)17(15,16)14-9-5-12(2)6-10-14/h3-14H,1-2H3;7-10H,11H2,1-6H3;3-10H,1-2H3,(H,16,17);3-10H,1-2H3. The molecule has 0 aliphatic carbocycles. The van der Waals surface area contributed by atoms with Gasteiger partial charge in [0, 0.05) is 11.3 Å². The molecule has 0 fully saturated rings. The van der Waals surface area contributed by atoms with Gasteiger partial charge in [-0.15, -0.1) is 0 Å². The summed E-state index contributed by atoms with van der Waals surface area (Å²) < 4.78 is 36.1. The van der Waals surface area contributed by atoms with Crippen molar-refractivity contribution in [3.05, 3.63) is 278 Å². The summed E-state index contributed by atoms with van der Waals surface area (Å²) in [6.45, 7) is 25.3. The number of hydrogen-bond donors (Lipinski definition) is 1. The van der Waals surface area contributed by atoms with Gasteiger partial charge in [0.1, 0.15) is 23.0 Å². The Morgan fingerprint density at radius 2 is 0.627 bits per heavy atom. The normalized spacial score (nSPS) is 10.6. The zero-order valence-electron chi connectivity index (χ0n) is 45.6. The third-order valence-corrected chi connectivity index (χ3v) is 15.1. The summed E-state index contributed by atoms with van der Waals surface area (Å²) in [7, 11) is -3.37. The second-order valence-electron chi connectivity index (χ2n) is 19.4. The predicted molar refractivity (Wildman–Crippen MR) is 311 cm³/mol. The van der Waals surface area contributed by atoms with Crippen molar-refractivity contribution in [3.63, 3.8) is 0 Å². The highest BCUT2D eigenvalue weighted by molar-refractivity contribution is 7.91. The van der Waals surface area contributed by atoms with Gasteiger partial charge < -0.3 is 14.8 Å². The number of nitrogens with one attached hydrogen (secondary N) is 1. The van der Waals surface area contributed by atoms with Crippen LogP contribution in [0.2, 0.25) is 0 Å². The lowest BCUT2D eigenvalue weighted by molar-refractivity contribution is 0.102. The molecule has 0 heterocycles. The van der Waals surface area contributed by atoms with E-state index in [0.717, 1.165) is 51.8 Å². The highest BCUT2D eigenvalue weighted by Crippen LogP contribution is 2.28. The van der Waals surface area contributed by atoms with Gasteiger partial charge in [0.15, 0.2) is 0 Å². The quantitative estimate of drug-likeness (QED) is 0.148. The van der Waals surface area contributed by atoms with Crippen LogP contribution in [0, 0.1) is 83.1 Å². The van der Waals surface area contributed by atoms with Crippen LogP contribution in [0.25, 0.3) is 0 Å². The lowest BCUT2D eigenvalue weighted by atomic mass is 9.90. The molecule has 0 aliphatic heterocycles. The lowest BCUT2D eigenvalue weighted by Gasteiger charge is -2.15. The van der Waals surface area contributed by atoms with Crippen molar-refractivity contribution < 1.29 is 22.7 Å². The molecule has 9 rings (SSSR count). The molecule has 0 atom stereocenters. The molecular weight excluding hydrogens is 943 g/mol. The maximum Gasteiger partial charge on any atom is 0.255 e. The van der Waals surface area contributed by atoms with Crippen molar-refractivity contribution in [1.29, 1.82) is 0 Å². The zero-order chi connectivity index (χ0) is 54.2. The van der Waals surface area contributed by atoms with Gasteiger partial charge in [-0.1, -0.05) is 130 Å². The summed E-state index contributed by atoms with van der Waals surface area (Å²) in [6.07, 6.45) is 1.04. The molecule has 1 N–H and O–H groups in total. The van der Waals surface area contributed by atoms with Crippen molar-refractivity contribution in [2.75, 3.05) is 5.32 Å². The van der Waals surface area contributed by atoms with Gasteiger partial charge in [0.25, 0.3) is 5.91 Å². The molecule has 384 valence electrons. The van der Waals surface area contributed by atoms with E-state index in [0.29, 0.717) is 15.4 Å². The molecule has 7 heteroatoms. The number of rotatable bonds is 10. The van der Waals surface area contributed by atoms with Gasteiger partial charge in [-0.25, -0.2) is 8.42 Å². The molecule has 0 radical (unpaired) electrons. The van der Waals surface area contributed by atoms with Crippen LogP contribution in [0.15, 0.2) is 204 Å². The van der Waals surface area contributed by atoms with E-state index in [1.54, 1.807) is 48.5 Å². The minimum Gasteiger partial charge on any atom is -0.457 e. The Balaban J connectivity index is 0.000000164. The third kappa shape index (κ3) is 16.5. The van der Waals surface area contributed by atoms with Crippen LogP contribution in [-0.2, 0) is 16.3 Å². The minimum atomic E-state index is -3.37. The van der Waals surface area contributed by atoms with Gasteiger partial charge in [0.05, 0.1) is 9.79 Å². The molecule has 9 aromatic carbocycles. The Bertz CT molecular complexity index is 3230. The summed E-state index contributed by atoms with van der Waals surface area (Å²) >= 11 is 0. The molecule has 1 amide bonds. The topological polar surface area (TPSA) is 81.7 Å². The second-order valence-corrected chi connectivity index (χ2v) is 21.3. The van der Waals surface area contributed by atoms with E-state index in [1.807, 2.05) is 149 Å². The molecule has 75 heavy (non-hydrogen) atoms. The molecule has 0 saturated heterocycles. The predicted octanol–water partition coefficient (Wildman–Crippen LogP) is 17.7. The van der Waals surface area contributed by atoms with Gasteiger partial charge in [-0.2, -0.15) is 0 Å². The molecule has 0 unspecified atom stereocenters. The first-order chi connectivity index (χ1) is 35.7. The Labute approximate surface area is 447 Å². The van der Waals surface area contributed by atoms with Crippen molar-refractivity contribution in [2.45, 2.75) is 99.3 Å². The first-order valence-electron chi connectivity index (χ1n) is 25.3. The molecule has 0 spiro atoms. The van der Waals surface area contributed by atoms with E-state index in [1.165, 1.54) is 61.2 Å². The molecule has 0 saturated carbocycles. The molecule has 9 aromatic rings. The summed E-state index contributed by atoms with van der Waals surface area (Å²) in [5.41, 5.74) is 19.8. The van der Waals surface area contributed by atoms with Crippen molar-refractivity contribution in [1.82, 2.24) is 0 Å².